The van der Waals surface area contributed by atoms with Crippen LogP contribution in [0.3, 0.4) is 0 Å². The lowest BCUT2D eigenvalue weighted by atomic mass is 9.83. The topological polar surface area (TPSA) is 55.4 Å². The Morgan fingerprint density at radius 3 is 2.76 bits per heavy atom. The van der Waals surface area contributed by atoms with Gasteiger partial charge in [-0.15, -0.1) is 0 Å². The Morgan fingerprint density at radius 2 is 2.10 bits per heavy atom. The quantitative estimate of drug-likeness (QED) is 0.865. The minimum atomic E-state index is -2.88. The summed E-state index contributed by atoms with van der Waals surface area (Å²) in [5, 5.41) is 3.51. The van der Waals surface area contributed by atoms with Gasteiger partial charge in [-0.25, -0.2) is 8.42 Å². The second kappa shape index (κ2) is 5.56. The van der Waals surface area contributed by atoms with Crippen LogP contribution in [0.4, 0.5) is 0 Å². The zero-order valence-electron chi connectivity index (χ0n) is 12.1. The van der Waals surface area contributed by atoms with Crippen molar-refractivity contribution in [3.63, 3.8) is 0 Å². The van der Waals surface area contributed by atoms with Gasteiger partial charge in [0.25, 0.3) is 0 Å². The minimum Gasteiger partial charge on any atom is -0.487 e. The number of benzene rings is 1. The number of nitrogens with one attached hydrogen (secondary N) is 1. The summed E-state index contributed by atoms with van der Waals surface area (Å²) in [5.74, 6) is 1.34. The van der Waals surface area contributed by atoms with Gasteiger partial charge in [-0.3, -0.25) is 0 Å². The van der Waals surface area contributed by atoms with Crippen molar-refractivity contribution < 1.29 is 13.2 Å². The molecular weight excluding hydrogens is 354 g/mol. The van der Waals surface area contributed by atoms with Crippen molar-refractivity contribution in [1.29, 1.82) is 0 Å². The van der Waals surface area contributed by atoms with Crippen LogP contribution in [0, 0.1) is 0 Å². The fourth-order valence-electron chi connectivity index (χ4n) is 3.29. The molecule has 1 N–H and O–H groups in total. The van der Waals surface area contributed by atoms with Crippen LogP contribution in [-0.2, 0) is 9.84 Å². The van der Waals surface area contributed by atoms with E-state index in [9.17, 15) is 8.42 Å². The van der Waals surface area contributed by atoms with Crippen molar-refractivity contribution in [2.75, 3.05) is 18.1 Å². The third kappa shape index (κ3) is 3.12. The summed E-state index contributed by atoms with van der Waals surface area (Å²) in [6.07, 6.45) is 2.01. The average Bonchev–Trinajstić information content (AvgIpc) is 2.43. The molecule has 0 radical (unpaired) electrons. The van der Waals surface area contributed by atoms with Crippen LogP contribution in [0.5, 0.6) is 5.75 Å². The lowest BCUT2D eigenvalue weighted by Gasteiger charge is -2.44. The largest absolute Gasteiger partial charge is 0.487 e. The van der Waals surface area contributed by atoms with Crippen molar-refractivity contribution in [2.24, 2.45) is 0 Å². The molecule has 2 heterocycles. The van der Waals surface area contributed by atoms with Crippen molar-refractivity contribution in [1.82, 2.24) is 5.32 Å². The van der Waals surface area contributed by atoms with Gasteiger partial charge in [-0.2, -0.15) is 0 Å². The smallest absolute Gasteiger partial charge is 0.150 e. The maximum atomic E-state index is 11.7. The average molecular weight is 374 g/mol. The number of hydrogen-bond acceptors (Lipinski definition) is 4. The second-order valence-corrected chi connectivity index (χ2v) is 9.15. The molecular formula is C15H20BrNO3S. The zero-order chi connectivity index (χ0) is 15.1. The number of ether oxygens (including phenoxy) is 1. The highest BCUT2D eigenvalue weighted by atomic mass is 79.9. The highest BCUT2D eigenvalue weighted by Crippen LogP contribution is 2.45. The monoisotopic (exact) mass is 373 g/mol. The van der Waals surface area contributed by atoms with E-state index in [0.29, 0.717) is 12.8 Å². The van der Waals surface area contributed by atoms with Crippen LogP contribution in [-0.4, -0.2) is 32.1 Å². The van der Waals surface area contributed by atoms with Gasteiger partial charge in [-0.05, 0) is 18.7 Å². The fourth-order valence-corrected chi connectivity index (χ4v) is 5.20. The minimum absolute atomic E-state index is 0.229. The van der Waals surface area contributed by atoms with Gasteiger partial charge in [0.15, 0.2) is 9.84 Å². The molecule has 0 amide bonds. The van der Waals surface area contributed by atoms with E-state index in [1.54, 1.807) is 0 Å². The van der Waals surface area contributed by atoms with Crippen LogP contribution in [0.25, 0.3) is 0 Å². The third-order valence-corrected chi connectivity index (χ3v) is 6.59. The summed E-state index contributed by atoms with van der Waals surface area (Å²) in [6, 6.07) is 6.33. The third-order valence-electron chi connectivity index (χ3n) is 4.44. The van der Waals surface area contributed by atoms with E-state index in [1.165, 1.54) is 5.56 Å². The molecule has 4 nitrogen and oxygen atoms in total. The van der Waals surface area contributed by atoms with Crippen LogP contribution < -0.4 is 10.1 Å². The highest BCUT2D eigenvalue weighted by molar-refractivity contribution is 9.10. The van der Waals surface area contributed by atoms with Crippen molar-refractivity contribution in [2.45, 2.75) is 37.8 Å². The molecule has 0 aromatic heterocycles. The van der Waals surface area contributed by atoms with Gasteiger partial charge in [0.05, 0.1) is 11.5 Å². The molecule has 1 atom stereocenters. The van der Waals surface area contributed by atoms with E-state index in [-0.39, 0.29) is 23.1 Å². The molecule has 3 rings (SSSR count). The number of hydrogen-bond donors (Lipinski definition) is 1. The first-order chi connectivity index (χ1) is 9.93. The molecule has 1 saturated heterocycles. The van der Waals surface area contributed by atoms with E-state index in [4.69, 9.17) is 4.74 Å². The Bertz CT molecular complexity index is 630. The first-order valence-corrected chi connectivity index (χ1v) is 9.97. The number of sulfone groups is 1. The summed E-state index contributed by atoms with van der Waals surface area (Å²) < 4.78 is 30.7. The predicted octanol–water partition coefficient (Wildman–Crippen LogP) is 2.83. The standard InChI is InChI=1S/C15H20BrNO3S/c1-2-17-13-10-15(5-7-21(18,19)8-6-15)20-14-9-11(16)3-4-12(13)14/h3-4,9,13,17H,2,5-8,10H2,1H3. The molecule has 2 aliphatic heterocycles. The van der Waals surface area contributed by atoms with Gasteiger partial charge in [0, 0.05) is 35.3 Å². The molecule has 116 valence electrons. The summed E-state index contributed by atoms with van der Waals surface area (Å²) in [6.45, 7) is 2.97. The second-order valence-electron chi connectivity index (χ2n) is 5.93. The summed E-state index contributed by atoms with van der Waals surface area (Å²) in [7, 11) is -2.88. The first kappa shape index (κ1) is 15.3. The highest BCUT2D eigenvalue weighted by Gasteiger charge is 2.44. The molecule has 0 aliphatic carbocycles. The molecule has 21 heavy (non-hydrogen) atoms. The SMILES string of the molecule is CCNC1CC2(CCS(=O)(=O)CC2)Oc2cc(Br)ccc21. The van der Waals surface area contributed by atoms with Crippen molar-refractivity contribution in [3.8, 4) is 5.75 Å². The predicted molar refractivity (Wildman–Crippen MR) is 86.4 cm³/mol. The van der Waals surface area contributed by atoms with Crippen LogP contribution in [0.2, 0.25) is 0 Å². The molecule has 1 unspecified atom stereocenters. The van der Waals surface area contributed by atoms with Gasteiger partial charge >= 0.3 is 0 Å². The van der Waals surface area contributed by atoms with E-state index >= 15 is 0 Å². The Hall–Kier alpha value is -0.590. The van der Waals surface area contributed by atoms with Crippen LogP contribution in [0.1, 0.15) is 37.8 Å². The van der Waals surface area contributed by atoms with E-state index < -0.39 is 9.84 Å². The number of rotatable bonds is 2. The molecule has 0 saturated carbocycles. The Kier molecular flexibility index (Phi) is 4.05. The lowest BCUT2D eigenvalue weighted by molar-refractivity contribution is 0.0212. The zero-order valence-corrected chi connectivity index (χ0v) is 14.5. The summed E-state index contributed by atoms with van der Waals surface area (Å²) in [5.41, 5.74) is 0.825. The summed E-state index contributed by atoms with van der Waals surface area (Å²) in [4.78, 5) is 0. The molecule has 2 aliphatic rings. The van der Waals surface area contributed by atoms with E-state index in [0.717, 1.165) is 23.2 Å². The molecule has 1 spiro atoms. The van der Waals surface area contributed by atoms with Crippen LogP contribution >= 0.6 is 15.9 Å². The van der Waals surface area contributed by atoms with Crippen LogP contribution in [0.15, 0.2) is 22.7 Å². The van der Waals surface area contributed by atoms with E-state index in [2.05, 4.69) is 34.2 Å². The Morgan fingerprint density at radius 1 is 1.38 bits per heavy atom. The van der Waals surface area contributed by atoms with Gasteiger partial charge in [0.2, 0.25) is 0 Å². The van der Waals surface area contributed by atoms with E-state index in [1.807, 2.05) is 12.1 Å². The number of fused-ring (bicyclic) bond motifs is 1. The molecule has 1 fully saturated rings. The first-order valence-electron chi connectivity index (χ1n) is 7.35. The Balaban J connectivity index is 1.93. The lowest BCUT2D eigenvalue weighted by Crippen LogP contribution is -2.49. The molecule has 1 aromatic carbocycles. The number of halogens is 1. The maximum Gasteiger partial charge on any atom is 0.150 e. The Labute approximate surface area is 134 Å². The van der Waals surface area contributed by atoms with Crippen molar-refractivity contribution in [3.05, 3.63) is 28.2 Å². The maximum absolute atomic E-state index is 11.7. The van der Waals surface area contributed by atoms with Gasteiger partial charge < -0.3 is 10.1 Å². The summed E-state index contributed by atoms with van der Waals surface area (Å²) >= 11 is 3.48. The van der Waals surface area contributed by atoms with Crippen molar-refractivity contribution >= 4 is 25.8 Å². The normalized spacial score (nSPS) is 26.1. The van der Waals surface area contributed by atoms with Gasteiger partial charge in [0.1, 0.15) is 11.4 Å². The molecule has 0 bridgehead atoms. The fraction of sp³-hybridized carbons (Fsp3) is 0.600. The molecule has 6 heteroatoms. The van der Waals surface area contributed by atoms with Gasteiger partial charge in [-0.1, -0.05) is 28.9 Å². The molecule has 1 aromatic rings.